The summed E-state index contributed by atoms with van der Waals surface area (Å²) < 4.78 is 1.70. The van der Waals surface area contributed by atoms with Crippen LogP contribution in [0.4, 0.5) is 0 Å². The lowest BCUT2D eigenvalue weighted by Crippen LogP contribution is -1.94. The van der Waals surface area contributed by atoms with Gasteiger partial charge in [-0.05, 0) is 13.8 Å². The van der Waals surface area contributed by atoms with Gasteiger partial charge in [-0.2, -0.15) is 0 Å². The fourth-order valence-electron chi connectivity index (χ4n) is 1.20. The lowest BCUT2D eigenvalue weighted by atomic mass is 10.3. The van der Waals surface area contributed by atoms with Gasteiger partial charge in [-0.3, -0.25) is 5.10 Å². The lowest BCUT2D eigenvalue weighted by molar-refractivity contribution is 0.268. The number of fused-ring (bicyclic) bond motifs is 1. The molecule has 2 N–H and O–H groups in total. The highest BCUT2D eigenvalue weighted by atomic mass is 16.3. The maximum atomic E-state index is 8.88. The van der Waals surface area contributed by atoms with Crippen LogP contribution in [0.15, 0.2) is 0 Å². The van der Waals surface area contributed by atoms with E-state index in [2.05, 4.69) is 15.3 Å². The van der Waals surface area contributed by atoms with Gasteiger partial charge in [0.1, 0.15) is 6.61 Å². The zero-order chi connectivity index (χ0) is 8.72. The second-order valence-electron chi connectivity index (χ2n) is 2.80. The van der Waals surface area contributed by atoms with Crippen molar-refractivity contribution in [1.82, 2.24) is 19.8 Å². The first-order valence-electron chi connectivity index (χ1n) is 3.74. The molecule has 0 saturated carbocycles. The van der Waals surface area contributed by atoms with E-state index in [-0.39, 0.29) is 6.61 Å². The van der Waals surface area contributed by atoms with E-state index in [9.17, 15) is 0 Å². The Balaban J connectivity index is 2.79. The van der Waals surface area contributed by atoms with Crippen LogP contribution in [0.3, 0.4) is 0 Å². The zero-order valence-corrected chi connectivity index (χ0v) is 7.00. The minimum atomic E-state index is -0.0967. The van der Waals surface area contributed by atoms with Gasteiger partial charge in [-0.15, -0.1) is 10.2 Å². The van der Waals surface area contributed by atoms with Crippen LogP contribution in [-0.2, 0) is 6.61 Å². The maximum absolute atomic E-state index is 8.88. The average molecular weight is 166 g/mol. The van der Waals surface area contributed by atoms with Crippen molar-refractivity contribution in [2.24, 2.45) is 0 Å². The Labute approximate surface area is 69.0 Å². The Morgan fingerprint density at radius 3 is 2.83 bits per heavy atom. The highest BCUT2D eigenvalue weighted by molar-refractivity contribution is 5.48. The lowest BCUT2D eigenvalue weighted by Gasteiger charge is -1.88. The quantitative estimate of drug-likeness (QED) is 0.634. The average Bonchev–Trinajstić information content (AvgIpc) is 2.55. The number of rotatable bonds is 1. The SMILES string of the molecule is Cc1[nH]n2c(CO)nnc2c1C. The predicted molar refractivity (Wildman–Crippen MR) is 42.7 cm³/mol. The summed E-state index contributed by atoms with van der Waals surface area (Å²) >= 11 is 0. The van der Waals surface area contributed by atoms with Crippen molar-refractivity contribution in [3.8, 4) is 0 Å². The van der Waals surface area contributed by atoms with E-state index < -0.39 is 0 Å². The highest BCUT2D eigenvalue weighted by Gasteiger charge is 2.09. The largest absolute Gasteiger partial charge is 0.388 e. The topological polar surface area (TPSA) is 66.2 Å². The van der Waals surface area contributed by atoms with Crippen molar-refractivity contribution >= 4 is 5.65 Å². The van der Waals surface area contributed by atoms with Gasteiger partial charge < -0.3 is 5.11 Å². The van der Waals surface area contributed by atoms with Crippen LogP contribution in [0.25, 0.3) is 5.65 Å². The number of nitrogens with zero attached hydrogens (tertiary/aromatic N) is 3. The fourth-order valence-corrected chi connectivity index (χ4v) is 1.20. The van der Waals surface area contributed by atoms with Crippen LogP contribution < -0.4 is 0 Å². The van der Waals surface area contributed by atoms with E-state index in [0.717, 1.165) is 16.9 Å². The normalized spacial score (nSPS) is 11.2. The summed E-state index contributed by atoms with van der Waals surface area (Å²) in [5, 5.41) is 19.7. The summed E-state index contributed by atoms with van der Waals surface area (Å²) in [6.45, 7) is 3.84. The standard InChI is InChI=1S/C7H10N4O/c1-4-5(2)10-11-6(3-12)8-9-7(4)11/h10,12H,3H2,1-2H3. The molecule has 2 rings (SSSR count). The number of aromatic amines is 1. The Kier molecular flexibility index (Phi) is 1.41. The Morgan fingerprint density at radius 2 is 2.17 bits per heavy atom. The molecule has 5 nitrogen and oxygen atoms in total. The van der Waals surface area contributed by atoms with E-state index in [0.29, 0.717) is 5.82 Å². The van der Waals surface area contributed by atoms with Gasteiger partial charge in [0, 0.05) is 11.3 Å². The number of nitrogens with one attached hydrogen (secondary N) is 1. The zero-order valence-electron chi connectivity index (χ0n) is 7.00. The third-order valence-corrected chi connectivity index (χ3v) is 2.05. The van der Waals surface area contributed by atoms with E-state index in [4.69, 9.17) is 5.11 Å². The minimum Gasteiger partial charge on any atom is -0.388 e. The first kappa shape index (κ1) is 7.30. The number of aryl methyl sites for hydroxylation is 2. The first-order chi connectivity index (χ1) is 5.74. The van der Waals surface area contributed by atoms with Crippen LogP contribution in [0.1, 0.15) is 17.1 Å². The molecule has 64 valence electrons. The molecular weight excluding hydrogens is 156 g/mol. The number of aliphatic hydroxyl groups is 1. The van der Waals surface area contributed by atoms with Crippen molar-refractivity contribution in [1.29, 1.82) is 0 Å². The molecule has 0 saturated heterocycles. The minimum absolute atomic E-state index is 0.0967. The molecular formula is C7H10N4O. The molecule has 0 unspecified atom stereocenters. The number of hydrogen-bond acceptors (Lipinski definition) is 3. The number of hydrogen-bond donors (Lipinski definition) is 2. The van der Waals surface area contributed by atoms with Gasteiger partial charge >= 0.3 is 0 Å². The van der Waals surface area contributed by atoms with Gasteiger partial charge in [-0.1, -0.05) is 0 Å². The molecule has 5 heteroatoms. The summed E-state index contributed by atoms with van der Waals surface area (Å²) in [6, 6.07) is 0. The van der Waals surface area contributed by atoms with Crippen molar-refractivity contribution in [2.45, 2.75) is 20.5 Å². The molecule has 0 radical (unpaired) electrons. The molecule has 2 heterocycles. The number of aliphatic hydroxyl groups excluding tert-OH is 1. The smallest absolute Gasteiger partial charge is 0.180 e. The second kappa shape index (κ2) is 2.31. The molecule has 0 spiro atoms. The second-order valence-corrected chi connectivity index (χ2v) is 2.80. The third-order valence-electron chi connectivity index (χ3n) is 2.05. The molecule has 0 bridgehead atoms. The summed E-state index contributed by atoms with van der Waals surface area (Å²) in [5.74, 6) is 0.543. The van der Waals surface area contributed by atoms with E-state index in [1.54, 1.807) is 4.52 Å². The Bertz CT molecular complexity index is 414. The van der Waals surface area contributed by atoms with E-state index >= 15 is 0 Å². The number of aromatic nitrogens is 4. The van der Waals surface area contributed by atoms with Crippen LogP contribution >= 0.6 is 0 Å². The predicted octanol–water partition coefficient (Wildman–Crippen LogP) is 0.167. The summed E-state index contributed by atoms with van der Waals surface area (Å²) in [4.78, 5) is 0. The molecule has 0 aliphatic rings. The summed E-state index contributed by atoms with van der Waals surface area (Å²) in [5.41, 5.74) is 2.91. The molecule has 0 fully saturated rings. The van der Waals surface area contributed by atoms with Crippen molar-refractivity contribution in [3.05, 3.63) is 17.1 Å². The van der Waals surface area contributed by atoms with Gasteiger partial charge in [0.15, 0.2) is 11.5 Å². The molecule has 0 amide bonds. The van der Waals surface area contributed by atoms with E-state index in [1.165, 1.54) is 0 Å². The van der Waals surface area contributed by atoms with Gasteiger partial charge in [0.25, 0.3) is 0 Å². The first-order valence-corrected chi connectivity index (χ1v) is 3.74. The van der Waals surface area contributed by atoms with Gasteiger partial charge in [-0.25, -0.2) is 4.52 Å². The molecule has 2 aromatic heterocycles. The van der Waals surface area contributed by atoms with E-state index in [1.807, 2.05) is 13.8 Å². The Morgan fingerprint density at radius 1 is 1.42 bits per heavy atom. The highest BCUT2D eigenvalue weighted by Crippen LogP contribution is 2.12. The van der Waals surface area contributed by atoms with Crippen LogP contribution in [0.5, 0.6) is 0 Å². The molecule has 0 aliphatic heterocycles. The third kappa shape index (κ3) is 0.767. The van der Waals surface area contributed by atoms with Crippen molar-refractivity contribution in [2.75, 3.05) is 0 Å². The van der Waals surface area contributed by atoms with Crippen LogP contribution in [0, 0.1) is 13.8 Å². The molecule has 12 heavy (non-hydrogen) atoms. The molecule has 0 aromatic carbocycles. The molecule has 0 atom stereocenters. The van der Waals surface area contributed by atoms with Crippen molar-refractivity contribution in [3.63, 3.8) is 0 Å². The molecule has 2 aromatic rings. The van der Waals surface area contributed by atoms with Crippen LogP contribution in [-0.4, -0.2) is 24.9 Å². The van der Waals surface area contributed by atoms with Gasteiger partial charge in [0.2, 0.25) is 0 Å². The summed E-state index contributed by atoms with van der Waals surface area (Å²) in [6.07, 6.45) is 0. The Hall–Kier alpha value is -1.36. The van der Waals surface area contributed by atoms with Crippen molar-refractivity contribution < 1.29 is 5.11 Å². The number of H-pyrrole nitrogens is 1. The monoisotopic (exact) mass is 166 g/mol. The molecule has 0 aliphatic carbocycles. The fraction of sp³-hybridized carbons (Fsp3) is 0.429. The van der Waals surface area contributed by atoms with Gasteiger partial charge in [0.05, 0.1) is 0 Å². The summed E-state index contributed by atoms with van der Waals surface area (Å²) in [7, 11) is 0. The maximum Gasteiger partial charge on any atom is 0.180 e. The van der Waals surface area contributed by atoms with Crippen LogP contribution in [0.2, 0.25) is 0 Å².